The maximum absolute atomic E-state index is 11.7. The third kappa shape index (κ3) is 3.37. The highest BCUT2D eigenvalue weighted by Gasteiger charge is 2.26. The monoisotopic (exact) mass is 196 g/mol. The van der Waals surface area contributed by atoms with Gasteiger partial charge in [-0.25, -0.2) is 0 Å². The van der Waals surface area contributed by atoms with Crippen LogP contribution in [0.5, 0.6) is 0 Å². The normalized spacial score (nSPS) is 14.6. The second-order valence-electron chi connectivity index (χ2n) is 3.80. The number of carbonyl (C=O) groups excluding carboxylic acids is 1. The van der Waals surface area contributed by atoms with Gasteiger partial charge in [0, 0.05) is 5.92 Å². The average molecular weight is 196 g/mol. The van der Waals surface area contributed by atoms with E-state index in [-0.39, 0.29) is 11.8 Å². The van der Waals surface area contributed by atoms with Crippen LogP contribution >= 0.6 is 0 Å². The molecular formula is C11H20N2O. The Morgan fingerprint density at radius 3 is 2.21 bits per heavy atom. The van der Waals surface area contributed by atoms with Crippen molar-refractivity contribution in [2.45, 2.75) is 52.5 Å². The summed E-state index contributed by atoms with van der Waals surface area (Å²) in [6.07, 6.45) is 2.29. The van der Waals surface area contributed by atoms with E-state index in [1.165, 1.54) is 0 Å². The van der Waals surface area contributed by atoms with Gasteiger partial charge in [-0.1, -0.05) is 20.8 Å². The van der Waals surface area contributed by atoms with Crippen LogP contribution in [-0.2, 0) is 4.79 Å². The molecule has 1 unspecified atom stereocenters. The van der Waals surface area contributed by atoms with Crippen molar-refractivity contribution in [3.05, 3.63) is 0 Å². The summed E-state index contributed by atoms with van der Waals surface area (Å²) in [5, 5.41) is 11.7. The van der Waals surface area contributed by atoms with Crippen molar-refractivity contribution in [3.63, 3.8) is 0 Å². The van der Waals surface area contributed by atoms with Gasteiger partial charge >= 0.3 is 0 Å². The Labute approximate surface area is 86.5 Å². The molecule has 0 aliphatic carbocycles. The second kappa shape index (κ2) is 5.64. The lowest BCUT2D eigenvalue weighted by atomic mass is 9.97. The molecule has 0 aromatic rings. The first-order valence-corrected chi connectivity index (χ1v) is 5.26. The van der Waals surface area contributed by atoms with Crippen molar-refractivity contribution >= 4 is 5.91 Å². The number of carbonyl (C=O) groups is 1. The molecule has 0 fully saturated rings. The van der Waals surface area contributed by atoms with Crippen LogP contribution in [0.25, 0.3) is 0 Å². The molecule has 0 spiro atoms. The number of amides is 1. The fourth-order valence-electron chi connectivity index (χ4n) is 1.23. The summed E-state index contributed by atoms with van der Waals surface area (Å²) in [7, 11) is 0. The Morgan fingerprint density at radius 1 is 1.43 bits per heavy atom. The van der Waals surface area contributed by atoms with Gasteiger partial charge in [-0.15, -0.1) is 0 Å². The first-order valence-electron chi connectivity index (χ1n) is 5.26. The summed E-state index contributed by atoms with van der Waals surface area (Å²) < 4.78 is 0. The summed E-state index contributed by atoms with van der Waals surface area (Å²) in [4.78, 5) is 11.7. The number of hydrogen-bond donors (Lipinski definition) is 1. The molecular weight excluding hydrogens is 176 g/mol. The van der Waals surface area contributed by atoms with E-state index < -0.39 is 5.54 Å². The van der Waals surface area contributed by atoms with Crippen LogP contribution in [0.4, 0.5) is 0 Å². The average Bonchev–Trinajstić information content (AvgIpc) is 2.19. The molecule has 0 aromatic heterocycles. The van der Waals surface area contributed by atoms with Gasteiger partial charge in [-0.2, -0.15) is 5.26 Å². The fraction of sp³-hybridized carbons (Fsp3) is 0.818. The Balaban J connectivity index is 4.38. The topological polar surface area (TPSA) is 52.9 Å². The summed E-state index contributed by atoms with van der Waals surface area (Å²) in [6.45, 7) is 7.64. The van der Waals surface area contributed by atoms with Crippen LogP contribution in [0.2, 0.25) is 0 Å². The van der Waals surface area contributed by atoms with E-state index in [1.54, 1.807) is 6.92 Å². The third-order valence-corrected chi connectivity index (χ3v) is 2.71. The first kappa shape index (κ1) is 13.0. The number of nitrogens with one attached hydrogen (secondary N) is 1. The first-order chi connectivity index (χ1) is 6.52. The Morgan fingerprint density at radius 2 is 1.93 bits per heavy atom. The lowest BCUT2D eigenvalue weighted by molar-refractivity contribution is -0.126. The summed E-state index contributed by atoms with van der Waals surface area (Å²) in [6, 6.07) is 2.13. The lowest BCUT2D eigenvalue weighted by Crippen LogP contribution is -2.46. The second-order valence-corrected chi connectivity index (χ2v) is 3.80. The molecule has 0 aromatic carbocycles. The van der Waals surface area contributed by atoms with Crippen LogP contribution < -0.4 is 5.32 Å². The Hall–Kier alpha value is -1.04. The highest BCUT2D eigenvalue weighted by Crippen LogP contribution is 2.12. The Kier molecular flexibility index (Phi) is 5.22. The molecule has 0 aliphatic heterocycles. The molecule has 3 heteroatoms. The maximum Gasteiger partial charge on any atom is 0.224 e. The summed E-state index contributed by atoms with van der Waals surface area (Å²) in [5.74, 6) is 0.0372. The van der Waals surface area contributed by atoms with Crippen molar-refractivity contribution in [2.24, 2.45) is 5.92 Å². The van der Waals surface area contributed by atoms with Gasteiger partial charge in [0.25, 0.3) is 0 Å². The number of nitrogens with zero attached hydrogens (tertiary/aromatic N) is 1. The van der Waals surface area contributed by atoms with Gasteiger partial charge in [0.15, 0.2) is 0 Å². The van der Waals surface area contributed by atoms with Crippen molar-refractivity contribution in [2.75, 3.05) is 0 Å². The van der Waals surface area contributed by atoms with E-state index in [9.17, 15) is 4.79 Å². The van der Waals surface area contributed by atoms with Crippen LogP contribution in [-0.4, -0.2) is 11.4 Å². The molecule has 1 N–H and O–H groups in total. The zero-order valence-corrected chi connectivity index (χ0v) is 9.55. The van der Waals surface area contributed by atoms with E-state index in [0.717, 1.165) is 12.8 Å². The molecule has 0 radical (unpaired) electrons. The van der Waals surface area contributed by atoms with E-state index in [1.807, 2.05) is 20.8 Å². The molecule has 1 amide bonds. The lowest BCUT2D eigenvalue weighted by Gasteiger charge is -2.24. The molecule has 0 saturated heterocycles. The minimum atomic E-state index is -0.709. The van der Waals surface area contributed by atoms with E-state index in [4.69, 9.17) is 5.26 Å². The van der Waals surface area contributed by atoms with Crippen molar-refractivity contribution in [1.82, 2.24) is 5.32 Å². The predicted molar refractivity (Wildman–Crippen MR) is 56.5 cm³/mol. The van der Waals surface area contributed by atoms with Crippen LogP contribution in [0, 0.1) is 17.2 Å². The van der Waals surface area contributed by atoms with Crippen molar-refractivity contribution in [3.8, 4) is 6.07 Å². The largest absolute Gasteiger partial charge is 0.338 e. The minimum absolute atomic E-state index is 0.000833. The van der Waals surface area contributed by atoms with Gasteiger partial charge in [-0.05, 0) is 26.2 Å². The van der Waals surface area contributed by atoms with E-state index >= 15 is 0 Å². The zero-order valence-electron chi connectivity index (χ0n) is 9.55. The maximum atomic E-state index is 11.7. The Bertz CT molecular complexity index is 228. The molecule has 0 heterocycles. The SMILES string of the molecule is CCC(CC)C(=O)NC(C)(C#N)CC. The number of hydrogen-bond acceptors (Lipinski definition) is 2. The van der Waals surface area contributed by atoms with Gasteiger partial charge in [0.05, 0.1) is 6.07 Å². The summed E-state index contributed by atoms with van der Waals surface area (Å²) in [5.41, 5.74) is -0.709. The molecule has 3 nitrogen and oxygen atoms in total. The highest BCUT2D eigenvalue weighted by molar-refractivity contribution is 5.79. The number of rotatable bonds is 5. The zero-order chi connectivity index (χ0) is 11.2. The molecule has 0 saturated carbocycles. The molecule has 1 atom stereocenters. The molecule has 14 heavy (non-hydrogen) atoms. The molecule has 0 aliphatic rings. The molecule has 0 bridgehead atoms. The summed E-state index contributed by atoms with van der Waals surface area (Å²) >= 11 is 0. The van der Waals surface area contributed by atoms with Crippen LogP contribution in [0.3, 0.4) is 0 Å². The van der Waals surface area contributed by atoms with E-state index in [2.05, 4.69) is 11.4 Å². The standard InChI is InChI=1S/C11H20N2O/c1-5-9(6-2)10(14)13-11(4,7-3)8-12/h9H,5-7H2,1-4H3,(H,13,14). The van der Waals surface area contributed by atoms with Gasteiger partial charge in [-0.3, -0.25) is 4.79 Å². The number of nitriles is 1. The molecule has 0 rings (SSSR count). The van der Waals surface area contributed by atoms with Gasteiger partial charge in [0.1, 0.15) is 5.54 Å². The van der Waals surface area contributed by atoms with Gasteiger partial charge in [0.2, 0.25) is 5.91 Å². The van der Waals surface area contributed by atoms with Crippen molar-refractivity contribution < 1.29 is 4.79 Å². The van der Waals surface area contributed by atoms with Crippen LogP contribution in [0.1, 0.15) is 47.0 Å². The minimum Gasteiger partial charge on any atom is -0.338 e. The predicted octanol–water partition coefficient (Wildman–Crippen LogP) is 2.23. The highest BCUT2D eigenvalue weighted by atomic mass is 16.2. The quantitative estimate of drug-likeness (QED) is 0.733. The van der Waals surface area contributed by atoms with Crippen LogP contribution in [0.15, 0.2) is 0 Å². The fourth-order valence-corrected chi connectivity index (χ4v) is 1.23. The third-order valence-electron chi connectivity index (χ3n) is 2.71. The van der Waals surface area contributed by atoms with Crippen molar-refractivity contribution in [1.29, 1.82) is 5.26 Å². The smallest absolute Gasteiger partial charge is 0.224 e. The van der Waals surface area contributed by atoms with E-state index in [0.29, 0.717) is 6.42 Å². The molecule has 80 valence electrons. The van der Waals surface area contributed by atoms with Gasteiger partial charge < -0.3 is 5.32 Å².